The van der Waals surface area contributed by atoms with Crippen molar-refractivity contribution in [2.24, 2.45) is 0 Å². The van der Waals surface area contributed by atoms with Crippen molar-refractivity contribution in [3.8, 4) is 16.9 Å². The maximum Gasteiger partial charge on any atom is 0.134 e. The number of halogens is 1. The molecule has 0 spiro atoms. The molecule has 3 aromatic carbocycles. The van der Waals surface area contributed by atoms with Crippen LogP contribution in [0.1, 0.15) is 0 Å². The summed E-state index contributed by atoms with van der Waals surface area (Å²) >= 11 is 5.46. The number of benzene rings is 3. The van der Waals surface area contributed by atoms with Crippen LogP contribution in [-0.4, -0.2) is 5.11 Å². The van der Waals surface area contributed by atoms with E-state index in [9.17, 15) is 0 Å². The molecule has 0 aromatic heterocycles. The van der Waals surface area contributed by atoms with E-state index in [4.69, 9.17) is 16.7 Å². The van der Waals surface area contributed by atoms with E-state index in [2.05, 4.69) is 48.5 Å². The zero-order valence-electron chi connectivity index (χ0n) is 10.9. The summed E-state index contributed by atoms with van der Waals surface area (Å²) in [5, 5.41) is 9.18. The number of phenolic OH excluding ortho intramolecular Hbond substituents is 1. The van der Waals surface area contributed by atoms with Gasteiger partial charge in [0.1, 0.15) is 5.75 Å². The highest BCUT2D eigenvalue weighted by Gasteiger charge is 1.92. The molecular weight excluding hydrogens is 268 g/mol. The first-order valence-electron chi connectivity index (χ1n) is 6.31. The lowest BCUT2D eigenvalue weighted by molar-refractivity contribution is 0.475. The van der Waals surface area contributed by atoms with Crippen molar-refractivity contribution >= 4 is 11.6 Å². The Balaban J connectivity index is 0.000000160. The van der Waals surface area contributed by atoms with Gasteiger partial charge in [-0.3, -0.25) is 0 Å². The first-order chi connectivity index (χ1) is 9.77. The highest BCUT2D eigenvalue weighted by molar-refractivity contribution is 6.31. The van der Waals surface area contributed by atoms with Gasteiger partial charge in [-0.05, 0) is 23.3 Å². The molecule has 0 atom stereocenters. The number of aromatic hydroxyl groups is 1. The second-order valence-electron chi connectivity index (χ2n) is 4.18. The van der Waals surface area contributed by atoms with Crippen LogP contribution in [0.25, 0.3) is 11.1 Å². The van der Waals surface area contributed by atoms with Crippen molar-refractivity contribution in [2.45, 2.75) is 0 Å². The molecular formula is C18H15ClO. The van der Waals surface area contributed by atoms with Crippen molar-refractivity contribution in [3.05, 3.63) is 90.0 Å². The van der Waals surface area contributed by atoms with E-state index in [-0.39, 0.29) is 5.75 Å². The second kappa shape index (κ2) is 7.37. The van der Waals surface area contributed by atoms with Gasteiger partial charge in [0.2, 0.25) is 0 Å². The van der Waals surface area contributed by atoms with Crippen LogP contribution in [0.15, 0.2) is 84.9 Å². The molecule has 1 nitrogen and oxygen atoms in total. The Bertz CT molecular complexity index is 577. The Morgan fingerprint density at radius 2 is 0.950 bits per heavy atom. The van der Waals surface area contributed by atoms with E-state index in [0.29, 0.717) is 5.02 Å². The molecule has 20 heavy (non-hydrogen) atoms. The van der Waals surface area contributed by atoms with Gasteiger partial charge in [-0.1, -0.05) is 84.4 Å². The Morgan fingerprint density at radius 3 is 1.30 bits per heavy atom. The Morgan fingerprint density at radius 1 is 0.550 bits per heavy atom. The van der Waals surface area contributed by atoms with Crippen LogP contribution in [0.3, 0.4) is 0 Å². The third kappa shape index (κ3) is 4.15. The van der Waals surface area contributed by atoms with Crippen LogP contribution in [0.4, 0.5) is 0 Å². The molecule has 1 N–H and O–H groups in total. The third-order valence-electron chi connectivity index (χ3n) is 2.73. The number of phenols is 1. The first-order valence-corrected chi connectivity index (χ1v) is 6.69. The molecule has 3 aromatic rings. The Labute approximate surface area is 124 Å². The highest BCUT2D eigenvalue weighted by atomic mass is 35.5. The highest BCUT2D eigenvalue weighted by Crippen LogP contribution is 2.20. The normalized spacial score (nSPS) is 9.45. The van der Waals surface area contributed by atoms with Crippen molar-refractivity contribution < 1.29 is 5.11 Å². The molecule has 0 radical (unpaired) electrons. The van der Waals surface area contributed by atoms with Crippen molar-refractivity contribution in [2.75, 3.05) is 0 Å². The fraction of sp³-hybridized carbons (Fsp3) is 0. The molecule has 0 unspecified atom stereocenters. The summed E-state index contributed by atoms with van der Waals surface area (Å²) in [6.07, 6.45) is 0. The van der Waals surface area contributed by atoms with E-state index in [1.54, 1.807) is 24.3 Å². The lowest BCUT2D eigenvalue weighted by Crippen LogP contribution is -1.73. The Kier molecular flexibility index (Phi) is 5.22. The molecule has 100 valence electrons. The van der Waals surface area contributed by atoms with Gasteiger partial charge in [0, 0.05) is 0 Å². The lowest BCUT2D eigenvalue weighted by atomic mass is 10.1. The van der Waals surface area contributed by atoms with E-state index < -0.39 is 0 Å². The van der Waals surface area contributed by atoms with Crippen molar-refractivity contribution in [1.82, 2.24) is 0 Å². The summed E-state index contributed by atoms with van der Waals surface area (Å²) in [6, 6.07) is 27.5. The summed E-state index contributed by atoms with van der Waals surface area (Å²) in [5.41, 5.74) is 2.55. The summed E-state index contributed by atoms with van der Waals surface area (Å²) in [4.78, 5) is 0. The first kappa shape index (κ1) is 14.2. The van der Waals surface area contributed by atoms with Gasteiger partial charge in [0.15, 0.2) is 0 Å². The Hall–Kier alpha value is -2.25. The zero-order valence-corrected chi connectivity index (χ0v) is 11.7. The monoisotopic (exact) mass is 282 g/mol. The topological polar surface area (TPSA) is 20.2 Å². The predicted molar refractivity (Wildman–Crippen MR) is 85.0 cm³/mol. The van der Waals surface area contributed by atoms with E-state index in [1.165, 1.54) is 11.1 Å². The molecule has 0 saturated heterocycles. The second-order valence-corrected chi connectivity index (χ2v) is 4.59. The van der Waals surface area contributed by atoms with Gasteiger partial charge in [-0.15, -0.1) is 0 Å². The minimum atomic E-state index is 0.133. The SMILES string of the molecule is Oc1ccccc1Cl.c1ccc(-c2ccccc2)cc1. The lowest BCUT2D eigenvalue weighted by Gasteiger charge is -1.98. The van der Waals surface area contributed by atoms with Crippen LogP contribution in [0.2, 0.25) is 5.02 Å². The maximum atomic E-state index is 8.79. The minimum Gasteiger partial charge on any atom is -0.506 e. The van der Waals surface area contributed by atoms with Crippen LogP contribution in [-0.2, 0) is 0 Å². The molecule has 2 heteroatoms. The molecule has 0 bridgehead atoms. The molecule has 0 aliphatic rings. The van der Waals surface area contributed by atoms with Gasteiger partial charge < -0.3 is 5.11 Å². The molecule has 3 rings (SSSR count). The third-order valence-corrected chi connectivity index (χ3v) is 3.05. The van der Waals surface area contributed by atoms with E-state index in [1.807, 2.05) is 12.1 Å². The van der Waals surface area contributed by atoms with Crippen LogP contribution >= 0.6 is 11.6 Å². The van der Waals surface area contributed by atoms with Gasteiger partial charge in [-0.2, -0.15) is 0 Å². The predicted octanol–water partition coefficient (Wildman–Crippen LogP) is 5.40. The fourth-order valence-corrected chi connectivity index (χ4v) is 1.85. The molecule has 0 heterocycles. The van der Waals surface area contributed by atoms with Gasteiger partial charge >= 0.3 is 0 Å². The van der Waals surface area contributed by atoms with E-state index >= 15 is 0 Å². The van der Waals surface area contributed by atoms with Gasteiger partial charge in [-0.25, -0.2) is 0 Å². The van der Waals surface area contributed by atoms with Gasteiger partial charge in [0.05, 0.1) is 5.02 Å². The van der Waals surface area contributed by atoms with Crippen molar-refractivity contribution in [3.63, 3.8) is 0 Å². The zero-order chi connectivity index (χ0) is 14.2. The average molecular weight is 283 g/mol. The summed E-state index contributed by atoms with van der Waals surface area (Å²) in [5.74, 6) is 0.133. The minimum absolute atomic E-state index is 0.133. The molecule has 0 fully saturated rings. The van der Waals surface area contributed by atoms with Crippen molar-refractivity contribution in [1.29, 1.82) is 0 Å². The number of para-hydroxylation sites is 1. The number of rotatable bonds is 1. The van der Waals surface area contributed by atoms with Gasteiger partial charge in [0.25, 0.3) is 0 Å². The average Bonchev–Trinajstić information content (AvgIpc) is 2.53. The smallest absolute Gasteiger partial charge is 0.134 e. The standard InChI is InChI=1S/C12H10.C6H5ClO/c1-3-7-11(8-4-1)12-9-5-2-6-10-12;7-5-3-1-2-4-6(5)8/h1-10H;1-4,8H. The molecule has 0 saturated carbocycles. The maximum absolute atomic E-state index is 8.79. The summed E-state index contributed by atoms with van der Waals surface area (Å²) < 4.78 is 0. The number of hydrogen-bond donors (Lipinski definition) is 1. The van der Waals surface area contributed by atoms with Crippen LogP contribution in [0, 0.1) is 0 Å². The van der Waals surface area contributed by atoms with E-state index in [0.717, 1.165) is 0 Å². The number of hydrogen-bond acceptors (Lipinski definition) is 1. The molecule has 0 aliphatic heterocycles. The van der Waals surface area contributed by atoms with Crippen LogP contribution in [0.5, 0.6) is 5.75 Å². The fourth-order valence-electron chi connectivity index (χ4n) is 1.71. The quantitative estimate of drug-likeness (QED) is 0.633. The molecule has 0 amide bonds. The van der Waals surface area contributed by atoms with Crippen LogP contribution < -0.4 is 0 Å². The summed E-state index contributed by atoms with van der Waals surface area (Å²) in [7, 11) is 0. The molecule has 0 aliphatic carbocycles. The largest absolute Gasteiger partial charge is 0.506 e. The summed E-state index contributed by atoms with van der Waals surface area (Å²) in [6.45, 7) is 0.